The molecule has 1 N–H and O–H groups in total. The minimum absolute atomic E-state index is 0.0758. The maximum absolute atomic E-state index is 12.9. The zero-order valence-corrected chi connectivity index (χ0v) is 10.4. The van der Waals surface area contributed by atoms with Crippen LogP contribution in [-0.2, 0) is 15.7 Å². The quantitative estimate of drug-likeness (QED) is 0.919. The van der Waals surface area contributed by atoms with Gasteiger partial charge in [0, 0.05) is 19.3 Å². The number of carboxylic acids is 1. The Morgan fingerprint density at radius 1 is 1.55 bits per heavy atom. The van der Waals surface area contributed by atoms with Gasteiger partial charge in [-0.3, -0.25) is 4.79 Å². The van der Waals surface area contributed by atoms with Gasteiger partial charge in [0.2, 0.25) is 0 Å². The Bertz CT molecular complexity index is 493. The number of hydrogen-bond acceptors (Lipinski definition) is 4. The summed E-state index contributed by atoms with van der Waals surface area (Å²) >= 11 is 0. The average Bonchev–Trinajstić information content (AvgIpc) is 2.37. The summed E-state index contributed by atoms with van der Waals surface area (Å²) in [5.41, 5.74) is -0.823. The zero-order valence-electron chi connectivity index (χ0n) is 10.4. The number of morpholine rings is 1. The molecule has 0 amide bonds. The van der Waals surface area contributed by atoms with Crippen LogP contribution in [0.5, 0.6) is 0 Å². The number of alkyl halides is 3. The van der Waals surface area contributed by atoms with Crippen molar-refractivity contribution in [2.24, 2.45) is 0 Å². The Hall–Kier alpha value is -1.83. The monoisotopic (exact) mass is 290 g/mol. The van der Waals surface area contributed by atoms with Gasteiger partial charge in [0.1, 0.15) is 5.82 Å². The van der Waals surface area contributed by atoms with Gasteiger partial charge < -0.3 is 14.7 Å². The van der Waals surface area contributed by atoms with Crippen molar-refractivity contribution in [3.63, 3.8) is 0 Å². The fourth-order valence-corrected chi connectivity index (χ4v) is 2.10. The second-order valence-corrected chi connectivity index (χ2v) is 4.41. The van der Waals surface area contributed by atoms with E-state index in [4.69, 9.17) is 9.84 Å². The summed E-state index contributed by atoms with van der Waals surface area (Å²) in [7, 11) is 0. The molecule has 0 bridgehead atoms. The first-order chi connectivity index (χ1) is 9.38. The first-order valence-corrected chi connectivity index (χ1v) is 5.98. The second-order valence-electron chi connectivity index (χ2n) is 4.41. The highest BCUT2D eigenvalue weighted by Crippen LogP contribution is 2.35. The van der Waals surface area contributed by atoms with Crippen LogP contribution in [0.4, 0.5) is 19.0 Å². The Labute approximate surface area is 113 Å². The Morgan fingerprint density at radius 3 is 2.95 bits per heavy atom. The minimum atomic E-state index is -4.50. The average molecular weight is 290 g/mol. The van der Waals surface area contributed by atoms with E-state index >= 15 is 0 Å². The number of carboxylic acid groups (broad SMARTS) is 1. The molecule has 1 saturated heterocycles. The van der Waals surface area contributed by atoms with E-state index in [1.54, 1.807) is 0 Å². The highest BCUT2D eigenvalue weighted by atomic mass is 19.4. The predicted molar refractivity (Wildman–Crippen MR) is 63.4 cm³/mol. The van der Waals surface area contributed by atoms with Crippen LogP contribution in [0.25, 0.3) is 0 Å². The van der Waals surface area contributed by atoms with Crippen LogP contribution >= 0.6 is 0 Å². The van der Waals surface area contributed by atoms with E-state index < -0.39 is 23.8 Å². The van der Waals surface area contributed by atoms with Crippen molar-refractivity contribution in [3.8, 4) is 0 Å². The van der Waals surface area contributed by atoms with Gasteiger partial charge in [0.05, 0.1) is 24.7 Å². The van der Waals surface area contributed by atoms with Crippen LogP contribution in [0, 0.1) is 0 Å². The third kappa shape index (κ3) is 3.38. The molecule has 8 heteroatoms. The van der Waals surface area contributed by atoms with Crippen LogP contribution in [0.1, 0.15) is 12.0 Å². The highest BCUT2D eigenvalue weighted by Gasteiger charge is 2.36. The molecule has 2 rings (SSSR count). The molecule has 1 aliphatic heterocycles. The molecule has 0 aromatic carbocycles. The van der Waals surface area contributed by atoms with Crippen molar-refractivity contribution in [1.82, 2.24) is 4.98 Å². The van der Waals surface area contributed by atoms with Gasteiger partial charge in [0.15, 0.2) is 0 Å². The van der Waals surface area contributed by atoms with E-state index in [1.807, 2.05) is 0 Å². The molecular weight excluding hydrogens is 277 g/mol. The Kier molecular flexibility index (Phi) is 4.12. The van der Waals surface area contributed by atoms with Gasteiger partial charge >= 0.3 is 12.1 Å². The van der Waals surface area contributed by atoms with E-state index in [0.717, 1.165) is 6.07 Å². The smallest absolute Gasteiger partial charge is 0.419 e. The van der Waals surface area contributed by atoms with Crippen LogP contribution in [0.2, 0.25) is 0 Å². The van der Waals surface area contributed by atoms with E-state index in [9.17, 15) is 18.0 Å². The van der Waals surface area contributed by atoms with Crippen LogP contribution in [0.15, 0.2) is 18.3 Å². The van der Waals surface area contributed by atoms with Crippen molar-refractivity contribution in [2.75, 3.05) is 24.6 Å². The first-order valence-electron chi connectivity index (χ1n) is 5.98. The third-order valence-electron chi connectivity index (χ3n) is 2.93. The number of rotatable bonds is 3. The largest absolute Gasteiger partial charge is 0.481 e. The Morgan fingerprint density at radius 2 is 2.30 bits per heavy atom. The van der Waals surface area contributed by atoms with Gasteiger partial charge in [-0.05, 0) is 12.1 Å². The van der Waals surface area contributed by atoms with Crippen molar-refractivity contribution < 1.29 is 27.8 Å². The molecule has 0 saturated carbocycles. The third-order valence-corrected chi connectivity index (χ3v) is 2.93. The number of aliphatic carboxylic acids is 1. The summed E-state index contributed by atoms with van der Waals surface area (Å²) in [5.74, 6) is -1.23. The number of hydrogen-bond donors (Lipinski definition) is 1. The molecular formula is C12H13F3N2O3. The molecule has 0 radical (unpaired) electrons. The summed E-state index contributed by atoms with van der Waals surface area (Å²) in [6.45, 7) is 0.494. The predicted octanol–water partition coefficient (Wildman–Crippen LogP) is 1.78. The molecule has 1 unspecified atom stereocenters. The lowest BCUT2D eigenvalue weighted by atomic mass is 10.1. The molecule has 110 valence electrons. The SMILES string of the molecule is O=C(O)CC1CN(c2ncccc2C(F)(F)F)CCO1. The number of anilines is 1. The second kappa shape index (κ2) is 5.66. The van der Waals surface area contributed by atoms with Crippen molar-refractivity contribution in [1.29, 1.82) is 0 Å². The lowest BCUT2D eigenvalue weighted by Gasteiger charge is -2.34. The lowest BCUT2D eigenvalue weighted by molar-refractivity contribution is -0.141. The molecule has 1 aromatic rings. The molecule has 2 heterocycles. The van der Waals surface area contributed by atoms with Gasteiger partial charge in [-0.1, -0.05) is 0 Å². The molecule has 20 heavy (non-hydrogen) atoms. The molecule has 1 aliphatic rings. The lowest BCUT2D eigenvalue weighted by Crippen LogP contribution is -2.44. The van der Waals surface area contributed by atoms with E-state index in [2.05, 4.69) is 4.98 Å². The summed E-state index contributed by atoms with van der Waals surface area (Å²) in [6, 6.07) is 2.19. The number of pyridine rings is 1. The van der Waals surface area contributed by atoms with Crippen LogP contribution < -0.4 is 4.90 Å². The standard InChI is InChI=1S/C12H13F3N2O3/c13-12(14,15)9-2-1-3-16-11(9)17-4-5-20-8(7-17)6-10(18)19/h1-3,8H,4-7H2,(H,18,19). The van der Waals surface area contributed by atoms with Crippen LogP contribution in [0.3, 0.4) is 0 Å². The topological polar surface area (TPSA) is 62.7 Å². The van der Waals surface area contributed by atoms with Crippen molar-refractivity contribution in [2.45, 2.75) is 18.7 Å². The van der Waals surface area contributed by atoms with E-state index in [-0.39, 0.29) is 31.9 Å². The molecule has 1 atom stereocenters. The molecule has 5 nitrogen and oxygen atoms in total. The van der Waals surface area contributed by atoms with E-state index in [1.165, 1.54) is 17.2 Å². The first kappa shape index (κ1) is 14.6. The molecule has 1 fully saturated rings. The summed E-state index contributed by atoms with van der Waals surface area (Å²) in [5, 5.41) is 8.71. The fraction of sp³-hybridized carbons (Fsp3) is 0.500. The number of aromatic nitrogens is 1. The summed E-state index contributed by atoms with van der Waals surface area (Å²) in [6.07, 6.45) is -4.09. The summed E-state index contributed by atoms with van der Waals surface area (Å²) < 4.78 is 44.0. The molecule has 0 aliphatic carbocycles. The Balaban J connectivity index is 2.21. The zero-order chi connectivity index (χ0) is 14.8. The van der Waals surface area contributed by atoms with Gasteiger partial charge in [0.25, 0.3) is 0 Å². The van der Waals surface area contributed by atoms with Crippen molar-refractivity contribution in [3.05, 3.63) is 23.9 Å². The fourth-order valence-electron chi connectivity index (χ4n) is 2.10. The van der Waals surface area contributed by atoms with Gasteiger partial charge in [-0.15, -0.1) is 0 Å². The number of carbonyl (C=O) groups is 1. The van der Waals surface area contributed by atoms with Crippen molar-refractivity contribution >= 4 is 11.8 Å². The number of halogens is 3. The summed E-state index contributed by atoms with van der Waals surface area (Å²) in [4.78, 5) is 15.8. The van der Waals surface area contributed by atoms with Crippen LogP contribution in [-0.4, -0.2) is 41.9 Å². The normalized spacial score (nSPS) is 19.9. The van der Waals surface area contributed by atoms with E-state index in [0.29, 0.717) is 0 Å². The number of ether oxygens (including phenoxy) is 1. The molecule has 0 spiro atoms. The van der Waals surface area contributed by atoms with Gasteiger partial charge in [-0.25, -0.2) is 4.98 Å². The number of nitrogens with zero attached hydrogens (tertiary/aromatic N) is 2. The highest BCUT2D eigenvalue weighted by molar-refractivity contribution is 5.67. The minimum Gasteiger partial charge on any atom is -0.481 e. The maximum atomic E-state index is 12.9. The maximum Gasteiger partial charge on any atom is 0.419 e. The molecule has 1 aromatic heterocycles. The van der Waals surface area contributed by atoms with Gasteiger partial charge in [-0.2, -0.15) is 13.2 Å².